The van der Waals surface area contributed by atoms with Crippen molar-refractivity contribution in [2.24, 2.45) is 0 Å². The average Bonchev–Trinajstić information content (AvgIpc) is 2.86. The van der Waals surface area contributed by atoms with Crippen LogP contribution < -0.4 is 10.1 Å². The fraction of sp³-hybridized carbons (Fsp3) is 0.571. The van der Waals surface area contributed by atoms with Gasteiger partial charge in [-0.1, -0.05) is 36.6 Å². The van der Waals surface area contributed by atoms with Crippen molar-refractivity contribution in [3.8, 4) is 5.75 Å². The molecule has 1 aromatic rings. The normalized spacial score (nSPS) is 17.9. The second-order valence-electron chi connectivity index (χ2n) is 4.85. The van der Waals surface area contributed by atoms with Crippen LogP contribution in [0.4, 0.5) is 0 Å². The summed E-state index contributed by atoms with van der Waals surface area (Å²) in [7, 11) is 0. The number of rotatable bonds is 6. The summed E-state index contributed by atoms with van der Waals surface area (Å²) in [6.45, 7) is 1.50. The summed E-state index contributed by atoms with van der Waals surface area (Å²) in [6, 6.07) is 7.46. The van der Waals surface area contributed by atoms with Crippen molar-refractivity contribution in [1.82, 2.24) is 5.32 Å². The van der Waals surface area contributed by atoms with Gasteiger partial charge in [-0.3, -0.25) is 0 Å². The highest BCUT2D eigenvalue weighted by Crippen LogP contribution is 2.29. The highest BCUT2D eigenvalue weighted by molar-refractivity contribution is 6.32. The molecule has 4 heteroatoms. The number of para-hydroxylation sites is 1. The Kier molecular flexibility index (Phi) is 4.87. The highest BCUT2D eigenvalue weighted by Gasteiger charge is 2.32. The summed E-state index contributed by atoms with van der Waals surface area (Å²) in [5.74, 6) is 0.713. The van der Waals surface area contributed by atoms with Gasteiger partial charge in [0.25, 0.3) is 0 Å². The van der Waals surface area contributed by atoms with Crippen molar-refractivity contribution in [1.29, 1.82) is 0 Å². The van der Waals surface area contributed by atoms with Gasteiger partial charge in [0.05, 0.1) is 11.6 Å². The van der Waals surface area contributed by atoms with E-state index in [0.717, 1.165) is 19.4 Å². The van der Waals surface area contributed by atoms with Gasteiger partial charge in [-0.2, -0.15) is 0 Å². The topological polar surface area (TPSA) is 41.5 Å². The number of hydrogen-bond donors (Lipinski definition) is 2. The first kappa shape index (κ1) is 13.7. The molecule has 2 N–H and O–H groups in total. The van der Waals surface area contributed by atoms with Crippen LogP contribution in [0.5, 0.6) is 5.75 Å². The highest BCUT2D eigenvalue weighted by atomic mass is 35.5. The van der Waals surface area contributed by atoms with Gasteiger partial charge < -0.3 is 15.2 Å². The maximum absolute atomic E-state index is 9.45. The summed E-state index contributed by atoms with van der Waals surface area (Å²) in [4.78, 5) is 0. The van der Waals surface area contributed by atoms with Gasteiger partial charge >= 0.3 is 0 Å². The number of halogens is 1. The van der Waals surface area contributed by atoms with E-state index in [2.05, 4.69) is 5.32 Å². The standard InChI is InChI=1S/C14H20ClNO2/c15-12-5-1-2-6-13(12)18-10-9-16-14(11-17)7-3-4-8-14/h1-2,5-6,16-17H,3-4,7-11H2. The van der Waals surface area contributed by atoms with E-state index in [1.54, 1.807) is 0 Å². The lowest BCUT2D eigenvalue weighted by atomic mass is 9.99. The quantitative estimate of drug-likeness (QED) is 0.780. The van der Waals surface area contributed by atoms with Crippen LogP contribution in [0, 0.1) is 0 Å². The third-order valence-corrected chi connectivity index (χ3v) is 3.87. The smallest absolute Gasteiger partial charge is 0.137 e. The molecule has 1 aliphatic carbocycles. The van der Waals surface area contributed by atoms with E-state index in [0.29, 0.717) is 17.4 Å². The molecule has 0 aliphatic heterocycles. The van der Waals surface area contributed by atoms with Crippen molar-refractivity contribution in [2.45, 2.75) is 31.2 Å². The van der Waals surface area contributed by atoms with Gasteiger partial charge in [0.15, 0.2) is 0 Å². The molecule has 0 atom stereocenters. The zero-order valence-corrected chi connectivity index (χ0v) is 11.2. The summed E-state index contributed by atoms with van der Waals surface area (Å²) in [5.41, 5.74) is -0.0795. The second-order valence-corrected chi connectivity index (χ2v) is 5.26. The number of aliphatic hydroxyl groups is 1. The monoisotopic (exact) mass is 269 g/mol. The Morgan fingerprint density at radius 3 is 2.67 bits per heavy atom. The van der Waals surface area contributed by atoms with Crippen LogP contribution in [0.1, 0.15) is 25.7 Å². The van der Waals surface area contributed by atoms with Crippen molar-refractivity contribution in [3.05, 3.63) is 29.3 Å². The van der Waals surface area contributed by atoms with E-state index in [4.69, 9.17) is 16.3 Å². The third-order valence-electron chi connectivity index (χ3n) is 3.56. The van der Waals surface area contributed by atoms with Crippen molar-refractivity contribution in [2.75, 3.05) is 19.8 Å². The molecular formula is C14H20ClNO2. The number of benzene rings is 1. The number of nitrogens with one attached hydrogen (secondary N) is 1. The zero-order valence-electron chi connectivity index (χ0n) is 10.5. The van der Waals surface area contributed by atoms with Gasteiger partial charge in [-0.15, -0.1) is 0 Å². The molecule has 2 rings (SSSR count). The SMILES string of the molecule is OCC1(NCCOc2ccccc2Cl)CCCC1. The van der Waals surface area contributed by atoms with Crippen LogP contribution >= 0.6 is 11.6 Å². The average molecular weight is 270 g/mol. The molecule has 1 aromatic carbocycles. The maximum Gasteiger partial charge on any atom is 0.137 e. The van der Waals surface area contributed by atoms with Crippen LogP contribution in [0.2, 0.25) is 5.02 Å². The number of ether oxygens (including phenoxy) is 1. The van der Waals surface area contributed by atoms with Gasteiger partial charge in [0.2, 0.25) is 0 Å². The van der Waals surface area contributed by atoms with Crippen LogP contribution in [-0.2, 0) is 0 Å². The molecule has 100 valence electrons. The Labute approximate surface area is 113 Å². The van der Waals surface area contributed by atoms with E-state index < -0.39 is 0 Å². The van der Waals surface area contributed by atoms with Crippen LogP contribution in [-0.4, -0.2) is 30.4 Å². The molecule has 0 radical (unpaired) electrons. The lowest BCUT2D eigenvalue weighted by molar-refractivity contribution is 0.157. The first-order chi connectivity index (χ1) is 8.76. The molecule has 0 bridgehead atoms. The summed E-state index contributed by atoms with van der Waals surface area (Å²) in [5, 5.41) is 13.5. The number of aliphatic hydroxyl groups excluding tert-OH is 1. The molecule has 18 heavy (non-hydrogen) atoms. The van der Waals surface area contributed by atoms with E-state index in [-0.39, 0.29) is 12.1 Å². The van der Waals surface area contributed by atoms with Crippen LogP contribution in [0.15, 0.2) is 24.3 Å². The third kappa shape index (κ3) is 3.37. The molecule has 1 fully saturated rings. The first-order valence-corrected chi connectivity index (χ1v) is 6.87. The van der Waals surface area contributed by atoms with Crippen LogP contribution in [0.3, 0.4) is 0 Å². The minimum Gasteiger partial charge on any atom is -0.491 e. The fourth-order valence-electron chi connectivity index (χ4n) is 2.48. The van der Waals surface area contributed by atoms with Crippen molar-refractivity contribution < 1.29 is 9.84 Å². The Balaban J connectivity index is 1.74. The lowest BCUT2D eigenvalue weighted by Crippen LogP contribution is -2.47. The van der Waals surface area contributed by atoms with Crippen molar-refractivity contribution in [3.63, 3.8) is 0 Å². The molecule has 0 spiro atoms. The molecule has 3 nitrogen and oxygen atoms in total. The van der Waals surface area contributed by atoms with Gasteiger partial charge in [0, 0.05) is 12.1 Å². The van der Waals surface area contributed by atoms with E-state index in [1.807, 2.05) is 24.3 Å². The molecule has 1 aliphatic rings. The summed E-state index contributed by atoms with van der Waals surface area (Å²) >= 11 is 6.00. The molecule has 0 unspecified atom stereocenters. The maximum atomic E-state index is 9.45. The second kappa shape index (κ2) is 6.41. The largest absolute Gasteiger partial charge is 0.491 e. The molecule has 0 aromatic heterocycles. The van der Waals surface area contributed by atoms with Gasteiger partial charge in [-0.05, 0) is 25.0 Å². The molecule has 0 amide bonds. The van der Waals surface area contributed by atoms with E-state index in [9.17, 15) is 5.11 Å². The predicted molar refractivity (Wildman–Crippen MR) is 73.2 cm³/mol. The molecule has 0 saturated heterocycles. The van der Waals surface area contributed by atoms with Crippen molar-refractivity contribution >= 4 is 11.6 Å². The Hall–Kier alpha value is -0.770. The summed E-state index contributed by atoms with van der Waals surface area (Å²) < 4.78 is 5.61. The summed E-state index contributed by atoms with van der Waals surface area (Å²) in [6.07, 6.45) is 4.49. The molecule has 1 saturated carbocycles. The Morgan fingerprint density at radius 1 is 1.28 bits per heavy atom. The lowest BCUT2D eigenvalue weighted by Gasteiger charge is -2.28. The minimum atomic E-state index is -0.0795. The van der Waals surface area contributed by atoms with Gasteiger partial charge in [0.1, 0.15) is 12.4 Å². The predicted octanol–water partition coefficient (Wildman–Crippen LogP) is 2.61. The fourth-order valence-corrected chi connectivity index (χ4v) is 2.67. The Bertz CT molecular complexity index is 378. The number of hydrogen-bond acceptors (Lipinski definition) is 3. The molecular weight excluding hydrogens is 250 g/mol. The molecule has 0 heterocycles. The zero-order chi connectivity index (χ0) is 12.8. The van der Waals surface area contributed by atoms with Crippen LogP contribution in [0.25, 0.3) is 0 Å². The first-order valence-electron chi connectivity index (χ1n) is 6.49. The van der Waals surface area contributed by atoms with E-state index in [1.165, 1.54) is 12.8 Å². The Morgan fingerprint density at radius 2 is 2.00 bits per heavy atom. The minimum absolute atomic E-state index is 0.0795. The van der Waals surface area contributed by atoms with Gasteiger partial charge in [-0.25, -0.2) is 0 Å². The van der Waals surface area contributed by atoms with E-state index >= 15 is 0 Å².